The molecule has 0 aliphatic heterocycles. The van der Waals surface area contributed by atoms with E-state index in [1.54, 1.807) is 24.3 Å². The minimum absolute atomic E-state index is 0.0433. The molecule has 0 amide bonds. The first kappa shape index (κ1) is 25.3. The van der Waals surface area contributed by atoms with Crippen molar-refractivity contribution in [1.29, 1.82) is 10.5 Å². The van der Waals surface area contributed by atoms with Crippen molar-refractivity contribution in [1.82, 2.24) is 4.57 Å². The Bertz CT molecular complexity index is 2250. The average molecular weight is 539 g/mol. The van der Waals surface area contributed by atoms with E-state index in [1.807, 2.05) is 52.0 Å². The summed E-state index contributed by atoms with van der Waals surface area (Å²) in [6.07, 6.45) is 0. The maximum atomic E-state index is 14.3. The lowest BCUT2D eigenvalue weighted by Gasteiger charge is -2.22. The number of pyridine rings is 1. The van der Waals surface area contributed by atoms with Gasteiger partial charge in [0.05, 0.1) is 40.9 Å². The lowest BCUT2D eigenvalue weighted by atomic mass is 9.91. The minimum atomic E-state index is -0.487. The van der Waals surface area contributed by atoms with Crippen molar-refractivity contribution in [2.24, 2.45) is 0 Å². The van der Waals surface area contributed by atoms with E-state index in [0.29, 0.717) is 37.5 Å². The fourth-order valence-electron chi connectivity index (χ4n) is 5.78. The third-order valence-corrected chi connectivity index (χ3v) is 8.79. The largest absolute Gasteiger partial charge is 0.268 e. The molecule has 0 radical (unpaired) electrons. The molecule has 0 N–H and O–H groups in total. The Hall–Kier alpha value is -5.03. The highest BCUT2D eigenvalue weighted by atomic mass is 32.1. The van der Waals surface area contributed by atoms with E-state index in [9.17, 15) is 20.1 Å². The highest BCUT2D eigenvalue weighted by molar-refractivity contribution is 7.25. The molecule has 7 heteroatoms. The van der Waals surface area contributed by atoms with Gasteiger partial charge in [0.1, 0.15) is 0 Å². The second kappa shape index (κ2) is 9.02. The number of para-hydroxylation sites is 1. The molecule has 40 heavy (non-hydrogen) atoms. The Morgan fingerprint density at radius 2 is 1.48 bits per heavy atom. The number of nitrogens with zero attached hydrogens (tertiary/aromatic N) is 4. The van der Waals surface area contributed by atoms with Crippen LogP contribution in [0.1, 0.15) is 61.8 Å². The van der Waals surface area contributed by atoms with E-state index in [0.717, 1.165) is 15.8 Å². The first-order valence-corrected chi connectivity index (χ1v) is 13.7. The van der Waals surface area contributed by atoms with Crippen LogP contribution in [-0.2, 0) is 0 Å². The maximum absolute atomic E-state index is 14.3. The zero-order valence-corrected chi connectivity index (χ0v) is 23.1. The van der Waals surface area contributed by atoms with Crippen LogP contribution in [0.2, 0.25) is 0 Å². The molecular formula is C33H22N4O2S. The van der Waals surface area contributed by atoms with E-state index in [1.165, 1.54) is 15.9 Å². The molecule has 4 aromatic carbocycles. The highest BCUT2D eigenvalue weighted by Crippen LogP contribution is 2.46. The zero-order valence-electron chi connectivity index (χ0n) is 22.3. The van der Waals surface area contributed by atoms with Crippen molar-refractivity contribution in [2.45, 2.75) is 39.5 Å². The van der Waals surface area contributed by atoms with E-state index >= 15 is 0 Å². The fraction of sp³-hybridized carbons (Fsp3) is 0.182. The molecule has 0 atom stereocenters. The van der Waals surface area contributed by atoms with Crippen LogP contribution in [0.25, 0.3) is 52.2 Å². The van der Waals surface area contributed by atoms with Crippen LogP contribution in [0.5, 0.6) is 0 Å². The van der Waals surface area contributed by atoms with Crippen molar-refractivity contribution >= 4 is 58.7 Å². The summed E-state index contributed by atoms with van der Waals surface area (Å²) in [6.45, 7) is 16.1. The molecule has 2 aromatic heterocycles. The predicted molar refractivity (Wildman–Crippen MR) is 161 cm³/mol. The summed E-state index contributed by atoms with van der Waals surface area (Å²) in [5.41, 5.74) is 2.33. The summed E-state index contributed by atoms with van der Waals surface area (Å²) in [7, 11) is 0. The van der Waals surface area contributed by atoms with Gasteiger partial charge < -0.3 is 0 Å². The number of aromatic nitrogens is 1. The molecule has 0 fully saturated rings. The second-order valence-corrected chi connectivity index (χ2v) is 11.6. The lowest BCUT2D eigenvalue weighted by molar-refractivity contribution is 0.793. The minimum Gasteiger partial charge on any atom is -0.268 e. The number of fused-ring (bicyclic) bond motifs is 2. The van der Waals surface area contributed by atoms with Gasteiger partial charge in [-0.1, -0.05) is 45.9 Å². The molecule has 0 saturated heterocycles. The summed E-state index contributed by atoms with van der Waals surface area (Å²) in [4.78, 5) is 32.5. The Morgan fingerprint density at radius 3 is 2.05 bits per heavy atom. The van der Waals surface area contributed by atoms with Crippen LogP contribution in [0, 0.1) is 29.2 Å². The van der Waals surface area contributed by atoms with Crippen LogP contribution in [0.4, 0.5) is 5.69 Å². The molecule has 6 aromatic rings. The average Bonchev–Trinajstić information content (AvgIpc) is 2.96. The summed E-state index contributed by atoms with van der Waals surface area (Å²) in [5, 5.41) is 22.6. The van der Waals surface area contributed by atoms with Crippen LogP contribution < -0.4 is 11.1 Å². The second-order valence-electron chi connectivity index (χ2n) is 10.6. The van der Waals surface area contributed by atoms with Gasteiger partial charge in [-0.3, -0.25) is 9.59 Å². The van der Waals surface area contributed by atoms with Gasteiger partial charge in [-0.25, -0.2) is 9.41 Å². The standard InChI is InChI=1S/C33H22N4O2S/c1-16(2)20-7-6-8-21(17(3)4)30(20)37-32(38)23-12-19(15-35)27-22-11-18(14-34)9-10-26(22)40-31-25(36-5)13-24(33(37)39)28(23)29(27)31/h6-13,16-17H,1-4H3. The molecule has 192 valence electrons. The molecule has 0 unspecified atom stereocenters. The van der Waals surface area contributed by atoms with E-state index in [-0.39, 0.29) is 33.9 Å². The first-order valence-electron chi connectivity index (χ1n) is 12.9. The quantitative estimate of drug-likeness (QED) is 0.130. The van der Waals surface area contributed by atoms with Gasteiger partial charge in [-0.2, -0.15) is 10.5 Å². The van der Waals surface area contributed by atoms with Crippen molar-refractivity contribution < 1.29 is 0 Å². The predicted octanol–water partition coefficient (Wildman–Crippen LogP) is 7.85. The topological polar surface area (TPSA) is 91.0 Å². The van der Waals surface area contributed by atoms with E-state index < -0.39 is 11.1 Å². The molecule has 6 rings (SSSR count). The van der Waals surface area contributed by atoms with E-state index in [2.05, 4.69) is 17.0 Å². The molecule has 0 spiro atoms. The summed E-state index contributed by atoms with van der Waals surface area (Å²) in [6, 6.07) is 18.6. The highest BCUT2D eigenvalue weighted by Gasteiger charge is 2.26. The molecular weight excluding hydrogens is 516 g/mol. The number of rotatable bonds is 3. The van der Waals surface area contributed by atoms with Crippen LogP contribution in [0.3, 0.4) is 0 Å². The summed E-state index contributed by atoms with van der Waals surface area (Å²) in [5.74, 6) is 0.0866. The molecule has 0 aliphatic carbocycles. The molecule has 0 aliphatic rings. The van der Waals surface area contributed by atoms with Crippen molar-refractivity contribution in [3.05, 3.63) is 103 Å². The molecule has 0 saturated carbocycles. The van der Waals surface area contributed by atoms with Gasteiger partial charge in [-0.05, 0) is 58.7 Å². The summed E-state index contributed by atoms with van der Waals surface area (Å²) >= 11 is 1.36. The van der Waals surface area contributed by atoms with Crippen LogP contribution in [0.15, 0.2) is 58.1 Å². The van der Waals surface area contributed by atoms with Crippen LogP contribution in [-0.4, -0.2) is 4.57 Å². The monoisotopic (exact) mass is 538 g/mol. The van der Waals surface area contributed by atoms with E-state index in [4.69, 9.17) is 6.57 Å². The Labute approximate surface area is 233 Å². The normalized spacial score (nSPS) is 11.6. The Morgan fingerprint density at radius 1 is 0.825 bits per heavy atom. The van der Waals surface area contributed by atoms with Crippen molar-refractivity contribution in [3.63, 3.8) is 0 Å². The third-order valence-electron chi connectivity index (χ3n) is 7.60. The fourth-order valence-corrected chi connectivity index (χ4v) is 6.93. The van der Waals surface area contributed by atoms with Crippen LogP contribution >= 0.6 is 11.3 Å². The zero-order chi connectivity index (χ0) is 28.5. The van der Waals surface area contributed by atoms with Gasteiger partial charge in [0, 0.05) is 30.9 Å². The molecule has 6 nitrogen and oxygen atoms in total. The van der Waals surface area contributed by atoms with Gasteiger partial charge in [0.15, 0.2) is 0 Å². The Kier molecular flexibility index (Phi) is 5.70. The van der Waals surface area contributed by atoms with Crippen molar-refractivity contribution in [3.8, 4) is 17.8 Å². The number of nitriles is 2. The van der Waals surface area contributed by atoms with Gasteiger partial charge in [-0.15, -0.1) is 11.3 Å². The summed E-state index contributed by atoms with van der Waals surface area (Å²) < 4.78 is 2.66. The first-order chi connectivity index (χ1) is 19.2. The molecule has 0 bridgehead atoms. The number of benzene rings is 4. The van der Waals surface area contributed by atoms with Gasteiger partial charge >= 0.3 is 0 Å². The number of hydrogen-bond acceptors (Lipinski definition) is 5. The van der Waals surface area contributed by atoms with Crippen molar-refractivity contribution in [2.75, 3.05) is 0 Å². The maximum Gasteiger partial charge on any atom is 0.266 e. The SMILES string of the molecule is [C-]#[N+]c1cc2c(=O)n(-c3c(C(C)C)cccc3C(C)C)c(=O)c3cc(C#N)c4c5cc(C#N)ccc5sc1c4c23. The Balaban J connectivity index is 1.94. The third kappa shape index (κ3) is 3.37. The number of hydrogen-bond donors (Lipinski definition) is 0. The van der Waals surface area contributed by atoms with Gasteiger partial charge in [0.2, 0.25) is 5.69 Å². The molecule has 2 heterocycles. The van der Waals surface area contributed by atoms with Gasteiger partial charge in [0.25, 0.3) is 11.1 Å². The lowest BCUT2D eigenvalue weighted by Crippen LogP contribution is -2.34. The smallest absolute Gasteiger partial charge is 0.266 e.